The average Bonchev–Trinajstić information content (AvgIpc) is 2.90. The standard InChI is InChI=1S/C17H23NO2S/c1-17(2,3)18-16(20)14-8-6-7-13(11-14)15(19)12-21-9-4-5-10-21/h6-8,11H,4-5,9-10,12H2,1-3H3/p+1. The van der Waals surface area contributed by atoms with Gasteiger partial charge in [0.15, 0.2) is 5.75 Å². The summed E-state index contributed by atoms with van der Waals surface area (Å²) in [5.74, 6) is 3.07. The van der Waals surface area contributed by atoms with Crippen LogP contribution in [0.1, 0.15) is 54.3 Å². The van der Waals surface area contributed by atoms with Gasteiger partial charge in [-0.25, -0.2) is 0 Å². The molecule has 4 heteroatoms. The van der Waals surface area contributed by atoms with Gasteiger partial charge in [-0.15, -0.1) is 0 Å². The van der Waals surface area contributed by atoms with Crippen LogP contribution in [0.25, 0.3) is 0 Å². The third-order valence-electron chi connectivity index (χ3n) is 3.39. The van der Waals surface area contributed by atoms with Crippen molar-refractivity contribution in [2.24, 2.45) is 0 Å². The second kappa shape index (κ2) is 6.65. The number of Topliss-reactive ketones (excluding diaryl/α,β-unsaturated/α-hetero) is 1. The Balaban J connectivity index is 2.06. The zero-order chi connectivity index (χ0) is 15.5. The predicted octanol–water partition coefficient (Wildman–Crippen LogP) is 2.81. The Bertz CT molecular complexity index is 528. The number of carbonyl (C=O) groups excluding carboxylic acids is 2. The van der Waals surface area contributed by atoms with Crippen LogP contribution in [0.15, 0.2) is 24.3 Å². The van der Waals surface area contributed by atoms with Crippen LogP contribution >= 0.6 is 0 Å². The number of carbonyl (C=O) groups is 2. The number of benzene rings is 1. The zero-order valence-corrected chi connectivity index (χ0v) is 13.9. The monoisotopic (exact) mass is 306 g/mol. The maximum absolute atomic E-state index is 12.3. The van der Waals surface area contributed by atoms with Crippen LogP contribution in [-0.2, 0) is 10.9 Å². The van der Waals surface area contributed by atoms with Gasteiger partial charge >= 0.3 is 0 Å². The molecule has 1 N–H and O–H groups in total. The fourth-order valence-electron chi connectivity index (χ4n) is 2.37. The average molecular weight is 306 g/mol. The molecule has 114 valence electrons. The van der Waals surface area contributed by atoms with Crippen molar-refractivity contribution in [1.82, 2.24) is 5.32 Å². The molecule has 1 aliphatic rings. The van der Waals surface area contributed by atoms with Crippen molar-refractivity contribution in [1.29, 1.82) is 0 Å². The molecule has 2 rings (SSSR count). The van der Waals surface area contributed by atoms with E-state index in [0.29, 0.717) is 16.9 Å². The molecule has 1 aromatic rings. The number of hydrogen-bond acceptors (Lipinski definition) is 2. The SMILES string of the molecule is CC(C)(C)NC(=O)c1cccc(C(=O)C[S+]2CCCC2)c1. The van der Waals surface area contributed by atoms with Gasteiger partial charge in [0.05, 0.1) is 0 Å². The Hall–Kier alpha value is -1.29. The summed E-state index contributed by atoms with van der Waals surface area (Å²) in [7, 11) is 0.259. The molecule has 1 fully saturated rings. The lowest BCUT2D eigenvalue weighted by Gasteiger charge is -2.20. The van der Waals surface area contributed by atoms with Crippen molar-refractivity contribution >= 4 is 22.6 Å². The lowest BCUT2D eigenvalue weighted by Crippen LogP contribution is -2.40. The molecule has 1 amide bonds. The summed E-state index contributed by atoms with van der Waals surface area (Å²) in [6, 6.07) is 7.09. The smallest absolute Gasteiger partial charge is 0.251 e. The van der Waals surface area contributed by atoms with Crippen LogP contribution in [0.2, 0.25) is 0 Å². The number of nitrogens with one attached hydrogen (secondary N) is 1. The molecule has 0 atom stereocenters. The normalized spacial score (nSPS) is 16.0. The van der Waals surface area contributed by atoms with Gasteiger partial charge in [0, 0.05) is 16.7 Å². The number of ketones is 1. The van der Waals surface area contributed by atoms with Crippen molar-refractivity contribution in [3.63, 3.8) is 0 Å². The van der Waals surface area contributed by atoms with Crippen molar-refractivity contribution in [2.45, 2.75) is 39.2 Å². The molecule has 3 nitrogen and oxygen atoms in total. The molecule has 1 heterocycles. The van der Waals surface area contributed by atoms with Crippen molar-refractivity contribution in [2.75, 3.05) is 17.3 Å². The summed E-state index contributed by atoms with van der Waals surface area (Å²) < 4.78 is 0. The van der Waals surface area contributed by atoms with Gasteiger partial charge in [-0.2, -0.15) is 0 Å². The van der Waals surface area contributed by atoms with Gasteiger partial charge in [-0.05, 0) is 56.6 Å². The summed E-state index contributed by atoms with van der Waals surface area (Å²) in [6.45, 7) is 5.84. The molecule has 1 aliphatic heterocycles. The van der Waals surface area contributed by atoms with Gasteiger partial charge in [-0.1, -0.05) is 12.1 Å². The van der Waals surface area contributed by atoms with Gasteiger partial charge in [0.25, 0.3) is 5.91 Å². The highest BCUT2D eigenvalue weighted by Gasteiger charge is 2.27. The van der Waals surface area contributed by atoms with E-state index in [9.17, 15) is 9.59 Å². The number of amides is 1. The number of hydrogen-bond donors (Lipinski definition) is 1. The maximum Gasteiger partial charge on any atom is 0.251 e. The zero-order valence-electron chi connectivity index (χ0n) is 13.1. The largest absolute Gasteiger partial charge is 0.347 e. The van der Waals surface area contributed by atoms with E-state index in [-0.39, 0.29) is 28.1 Å². The summed E-state index contributed by atoms with van der Waals surface area (Å²) in [6.07, 6.45) is 2.51. The molecular formula is C17H24NO2S+. The minimum Gasteiger partial charge on any atom is -0.347 e. The molecular weight excluding hydrogens is 282 g/mol. The summed E-state index contributed by atoms with van der Waals surface area (Å²) in [5, 5.41) is 2.93. The Morgan fingerprint density at radius 1 is 1.14 bits per heavy atom. The van der Waals surface area contributed by atoms with Crippen LogP contribution in [0.5, 0.6) is 0 Å². The molecule has 21 heavy (non-hydrogen) atoms. The van der Waals surface area contributed by atoms with Gasteiger partial charge in [-0.3, -0.25) is 9.59 Å². The highest BCUT2D eigenvalue weighted by Crippen LogP contribution is 2.16. The highest BCUT2D eigenvalue weighted by atomic mass is 32.2. The van der Waals surface area contributed by atoms with Crippen molar-refractivity contribution < 1.29 is 9.59 Å². The van der Waals surface area contributed by atoms with Crippen molar-refractivity contribution in [3.8, 4) is 0 Å². The molecule has 0 aliphatic carbocycles. The first-order chi connectivity index (χ1) is 9.85. The van der Waals surface area contributed by atoms with Crippen LogP contribution in [-0.4, -0.2) is 34.5 Å². The van der Waals surface area contributed by atoms with Crippen LogP contribution in [0, 0.1) is 0 Å². The quantitative estimate of drug-likeness (QED) is 0.687. The van der Waals surface area contributed by atoms with E-state index in [0.717, 1.165) is 0 Å². The topological polar surface area (TPSA) is 46.2 Å². The minimum absolute atomic E-state index is 0.125. The molecule has 0 aromatic heterocycles. The molecule has 0 spiro atoms. The second-order valence-corrected chi connectivity index (χ2v) is 8.91. The summed E-state index contributed by atoms with van der Waals surface area (Å²) >= 11 is 0. The number of rotatable bonds is 4. The third-order valence-corrected chi connectivity index (χ3v) is 5.79. The van der Waals surface area contributed by atoms with E-state index in [2.05, 4.69) is 5.32 Å². The van der Waals surface area contributed by atoms with E-state index in [1.807, 2.05) is 26.8 Å². The van der Waals surface area contributed by atoms with E-state index in [1.165, 1.54) is 24.3 Å². The molecule has 0 radical (unpaired) electrons. The van der Waals surface area contributed by atoms with E-state index < -0.39 is 0 Å². The molecule has 0 unspecified atom stereocenters. The minimum atomic E-state index is -0.275. The van der Waals surface area contributed by atoms with E-state index in [1.54, 1.807) is 18.2 Å². The Labute approximate surface area is 129 Å². The van der Waals surface area contributed by atoms with Crippen molar-refractivity contribution in [3.05, 3.63) is 35.4 Å². The Morgan fingerprint density at radius 3 is 2.38 bits per heavy atom. The molecule has 1 aromatic carbocycles. The first-order valence-corrected chi connectivity index (χ1v) is 9.18. The Morgan fingerprint density at radius 2 is 1.76 bits per heavy atom. The fraction of sp³-hybridized carbons (Fsp3) is 0.529. The maximum atomic E-state index is 12.3. The highest BCUT2D eigenvalue weighted by molar-refractivity contribution is 7.97. The predicted molar refractivity (Wildman–Crippen MR) is 89.2 cm³/mol. The fourth-order valence-corrected chi connectivity index (χ4v) is 4.63. The van der Waals surface area contributed by atoms with Gasteiger partial charge in [0.1, 0.15) is 11.5 Å². The van der Waals surface area contributed by atoms with Gasteiger partial charge < -0.3 is 5.32 Å². The van der Waals surface area contributed by atoms with E-state index in [4.69, 9.17) is 0 Å². The molecule has 1 saturated heterocycles. The summed E-state index contributed by atoms with van der Waals surface area (Å²) in [5.41, 5.74) is 0.948. The van der Waals surface area contributed by atoms with E-state index >= 15 is 0 Å². The van der Waals surface area contributed by atoms with Crippen LogP contribution in [0.4, 0.5) is 0 Å². The first kappa shape index (κ1) is 16.1. The third kappa shape index (κ3) is 4.88. The Kier molecular flexibility index (Phi) is 5.09. The molecule has 0 saturated carbocycles. The van der Waals surface area contributed by atoms with Crippen LogP contribution < -0.4 is 5.32 Å². The first-order valence-electron chi connectivity index (χ1n) is 7.45. The van der Waals surface area contributed by atoms with Crippen LogP contribution in [0.3, 0.4) is 0 Å². The van der Waals surface area contributed by atoms with Gasteiger partial charge in [0.2, 0.25) is 5.78 Å². The lowest BCUT2D eigenvalue weighted by atomic mass is 10.1. The molecule has 0 bridgehead atoms. The lowest BCUT2D eigenvalue weighted by molar-refractivity contribution is 0.0919. The summed E-state index contributed by atoms with van der Waals surface area (Å²) in [4.78, 5) is 24.5. The second-order valence-electron chi connectivity index (χ2n) is 6.58.